The summed E-state index contributed by atoms with van der Waals surface area (Å²) in [4.78, 5) is 40.9. The molecule has 2 fully saturated rings. The van der Waals surface area contributed by atoms with Crippen molar-refractivity contribution >= 4 is 34.1 Å². The van der Waals surface area contributed by atoms with Gasteiger partial charge >= 0.3 is 0 Å². The van der Waals surface area contributed by atoms with Gasteiger partial charge < -0.3 is 15.1 Å². The van der Waals surface area contributed by atoms with Gasteiger partial charge in [-0.3, -0.25) is 19.6 Å². The summed E-state index contributed by atoms with van der Waals surface area (Å²) < 4.78 is 42.7. The van der Waals surface area contributed by atoms with Gasteiger partial charge in [0.25, 0.3) is 6.43 Å². The van der Waals surface area contributed by atoms with E-state index in [4.69, 9.17) is 0 Å². The van der Waals surface area contributed by atoms with Gasteiger partial charge in [0.15, 0.2) is 5.82 Å². The molecule has 0 radical (unpaired) electrons. The average Bonchev–Trinajstić information content (AvgIpc) is 3.74. The highest BCUT2D eigenvalue weighted by molar-refractivity contribution is 6.00. The maximum atomic E-state index is 14.6. The zero-order valence-corrected chi connectivity index (χ0v) is 26.0. The van der Waals surface area contributed by atoms with E-state index in [9.17, 15) is 22.8 Å². The highest BCUT2D eigenvalue weighted by Crippen LogP contribution is 2.38. The third kappa shape index (κ3) is 6.20. The number of carbonyl (C=O) groups is 2. The van der Waals surface area contributed by atoms with Crippen molar-refractivity contribution in [1.82, 2.24) is 30.0 Å². The Hall–Kier alpha value is -5.30. The second-order valence-electron chi connectivity index (χ2n) is 12.2. The first-order valence-electron chi connectivity index (χ1n) is 15.8. The summed E-state index contributed by atoms with van der Waals surface area (Å²) in [5.41, 5.74) is 2.23. The first-order valence-corrected chi connectivity index (χ1v) is 15.8. The second-order valence-corrected chi connectivity index (χ2v) is 12.2. The fourth-order valence-electron chi connectivity index (χ4n) is 6.46. The summed E-state index contributed by atoms with van der Waals surface area (Å²) in [6.45, 7) is 2.24. The van der Waals surface area contributed by atoms with Gasteiger partial charge in [-0.2, -0.15) is 5.10 Å². The number of nitrogens with one attached hydrogen (secondary N) is 2. The molecule has 1 atom stereocenters. The molecule has 2 aliphatic heterocycles. The summed E-state index contributed by atoms with van der Waals surface area (Å²) in [5.74, 6) is -0.661. The second kappa shape index (κ2) is 13.1. The van der Waals surface area contributed by atoms with E-state index in [2.05, 4.69) is 30.4 Å². The number of anilines is 2. The summed E-state index contributed by atoms with van der Waals surface area (Å²) in [5, 5.41) is 10.6. The first kappa shape index (κ1) is 31.3. The van der Waals surface area contributed by atoms with Crippen molar-refractivity contribution < 1.29 is 22.8 Å². The molecule has 48 heavy (non-hydrogen) atoms. The smallest absolute Gasteiger partial charge is 0.254 e. The van der Waals surface area contributed by atoms with Gasteiger partial charge in [-0.1, -0.05) is 0 Å². The van der Waals surface area contributed by atoms with Crippen molar-refractivity contribution in [2.24, 2.45) is 5.41 Å². The first-order chi connectivity index (χ1) is 23.3. The van der Waals surface area contributed by atoms with Gasteiger partial charge in [0, 0.05) is 79.6 Å². The monoisotopic (exact) mass is 654 g/mol. The number of amides is 2. The van der Waals surface area contributed by atoms with Crippen LogP contribution in [0.15, 0.2) is 85.2 Å². The van der Waals surface area contributed by atoms with Crippen molar-refractivity contribution in [1.29, 1.82) is 0 Å². The molecule has 3 aromatic carbocycles. The molecule has 0 spiro atoms. The SMILES string of the molecule is O=C(CN1CCC(C(=O)Nc2ccc3[nH]nc(-c4ccc(F)cc4)c3c2)(C(F)F)C1)N1CCN(c2ccc(-c3ncccn3)cc2)CC1. The molecular formula is C35H33F3N8O2. The molecule has 2 N–H and O–H groups in total. The van der Waals surface area contributed by atoms with E-state index >= 15 is 0 Å². The minimum Gasteiger partial charge on any atom is -0.368 e. The minimum atomic E-state index is -2.92. The van der Waals surface area contributed by atoms with Gasteiger partial charge in [-0.05, 0) is 79.2 Å². The Balaban J connectivity index is 0.957. The lowest BCUT2D eigenvalue weighted by Gasteiger charge is -2.37. The zero-order chi connectivity index (χ0) is 33.3. The lowest BCUT2D eigenvalue weighted by Crippen LogP contribution is -2.51. The van der Waals surface area contributed by atoms with E-state index in [0.717, 1.165) is 11.3 Å². The van der Waals surface area contributed by atoms with Crippen LogP contribution in [-0.2, 0) is 9.59 Å². The lowest BCUT2D eigenvalue weighted by atomic mass is 9.86. The Labute approximate surface area is 274 Å². The number of hydrogen-bond acceptors (Lipinski definition) is 7. The third-order valence-corrected chi connectivity index (χ3v) is 9.24. The molecule has 7 rings (SSSR count). The summed E-state index contributed by atoms with van der Waals surface area (Å²) in [6, 6.07) is 20.6. The number of aromatic nitrogens is 4. The lowest BCUT2D eigenvalue weighted by molar-refractivity contribution is -0.136. The van der Waals surface area contributed by atoms with Gasteiger partial charge in [0.1, 0.15) is 11.2 Å². The largest absolute Gasteiger partial charge is 0.368 e. The van der Waals surface area contributed by atoms with E-state index in [1.165, 1.54) is 12.1 Å². The number of nitrogens with zero attached hydrogens (tertiary/aromatic N) is 6. The van der Waals surface area contributed by atoms with Crippen LogP contribution in [0.5, 0.6) is 0 Å². The number of carbonyl (C=O) groups excluding carboxylic acids is 2. The highest BCUT2D eigenvalue weighted by Gasteiger charge is 2.52. The quantitative estimate of drug-likeness (QED) is 0.241. The summed E-state index contributed by atoms with van der Waals surface area (Å²) in [7, 11) is 0. The van der Waals surface area contributed by atoms with Crippen molar-refractivity contribution in [3.8, 4) is 22.6 Å². The predicted molar refractivity (Wildman–Crippen MR) is 176 cm³/mol. The van der Waals surface area contributed by atoms with Crippen LogP contribution >= 0.6 is 0 Å². The molecule has 0 bridgehead atoms. The Bertz CT molecular complexity index is 1910. The third-order valence-electron chi connectivity index (χ3n) is 9.24. The Morgan fingerprint density at radius 1 is 0.896 bits per heavy atom. The number of halogens is 3. The molecular weight excluding hydrogens is 621 g/mol. The van der Waals surface area contributed by atoms with E-state index in [-0.39, 0.29) is 37.8 Å². The molecule has 2 aliphatic rings. The molecule has 0 saturated carbocycles. The number of benzene rings is 3. The fraction of sp³-hybridized carbons (Fsp3) is 0.286. The van der Waals surface area contributed by atoms with E-state index in [1.54, 1.807) is 58.6 Å². The highest BCUT2D eigenvalue weighted by atomic mass is 19.3. The van der Waals surface area contributed by atoms with Crippen LogP contribution in [0.1, 0.15) is 6.42 Å². The molecule has 10 nitrogen and oxygen atoms in total. The molecule has 2 aromatic heterocycles. The predicted octanol–water partition coefficient (Wildman–Crippen LogP) is 5.07. The van der Waals surface area contributed by atoms with Crippen molar-refractivity contribution in [3.63, 3.8) is 0 Å². The molecule has 246 valence electrons. The molecule has 2 amide bonds. The number of fused-ring (bicyclic) bond motifs is 1. The molecule has 4 heterocycles. The number of alkyl halides is 2. The van der Waals surface area contributed by atoms with Gasteiger partial charge in [-0.15, -0.1) is 0 Å². The maximum absolute atomic E-state index is 14.6. The fourth-order valence-corrected chi connectivity index (χ4v) is 6.46. The van der Waals surface area contributed by atoms with Crippen molar-refractivity contribution in [3.05, 3.63) is 91.0 Å². The van der Waals surface area contributed by atoms with Crippen LogP contribution in [0.4, 0.5) is 24.5 Å². The Kier molecular flexibility index (Phi) is 8.52. The van der Waals surface area contributed by atoms with Crippen molar-refractivity contribution in [2.45, 2.75) is 12.8 Å². The van der Waals surface area contributed by atoms with E-state index in [1.807, 2.05) is 24.3 Å². The standard InChI is InChI=1S/C35H33F3N8O2/c36-25-6-2-23(3-7-25)31-28-20-26(8-11-29(28)42-43-31)41-34(48)35(33(37)38)12-15-44(22-35)21-30(47)46-18-16-45(17-19-46)27-9-4-24(5-10-27)32-39-13-1-14-40-32/h1-11,13-14,20,33H,12,15-19,21-22H2,(H,41,48)(H,42,43). The zero-order valence-electron chi connectivity index (χ0n) is 26.0. The summed E-state index contributed by atoms with van der Waals surface area (Å²) in [6.07, 6.45) is 0.408. The van der Waals surface area contributed by atoms with Crippen LogP contribution in [0, 0.1) is 11.2 Å². The van der Waals surface area contributed by atoms with Crippen molar-refractivity contribution in [2.75, 3.05) is 56.0 Å². The van der Waals surface area contributed by atoms with Gasteiger partial charge in [0.05, 0.1) is 17.8 Å². The van der Waals surface area contributed by atoms with E-state index < -0.39 is 17.7 Å². The van der Waals surface area contributed by atoms with Crippen LogP contribution in [0.2, 0.25) is 0 Å². The van der Waals surface area contributed by atoms with E-state index in [0.29, 0.717) is 59.9 Å². The topological polar surface area (TPSA) is 110 Å². The van der Waals surface area contributed by atoms with Crippen LogP contribution < -0.4 is 10.2 Å². The van der Waals surface area contributed by atoms with Crippen LogP contribution in [0.3, 0.4) is 0 Å². The number of rotatable bonds is 8. The molecule has 13 heteroatoms. The number of piperazine rings is 1. The van der Waals surface area contributed by atoms with Gasteiger partial charge in [0.2, 0.25) is 11.8 Å². The molecule has 1 unspecified atom stereocenters. The molecule has 0 aliphatic carbocycles. The maximum Gasteiger partial charge on any atom is 0.254 e. The van der Waals surface area contributed by atoms with Gasteiger partial charge in [-0.25, -0.2) is 23.1 Å². The Morgan fingerprint density at radius 2 is 1.60 bits per heavy atom. The molecule has 5 aromatic rings. The normalized spacial score (nSPS) is 18.5. The van der Waals surface area contributed by atoms with Crippen LogP contribution in [-0.4, -0.2) is 94.0 Å². The Morgan fingerprint density at radius 3 is 2.31 bits per heavy atom. The van der Waals surface area contributed by atoms with Crippen LogP contribution in [0.25, 0.3) is 33.5 Å². The minimum absolute atomic E-state index is 0.0322. The number of aromatic amines is 1. The average molecular weight is 655 g/mol. The number of likely N-dealkylation sites (tertiary alicyclic amines) is 1. The number of hydrogen-bond donors (Lipinski definition) is 2. The molecule has 2 saturated heterocycles. The summed E-state index contributed by atoms with van der Waals surface area (Å²) >= 11 is 0. The number of H-pyrrole nitrogens is 1.